The van der Waals surface area contributed by atoms with Crippen molar-refractivity contribution < 1.29 is 14.4 Å². The second-order valence-corrected chi connectivity index (χ2v) is 9.44. The van der Waals surface area contributed by atoms with Crippen LogP contribution in [-0.2, 0) is 9.59 Å². The molecule has 1 saturated heterocycles. The van der Waals surface area contributed by atoms with Crippen LogP contribution < -0.4 is 10.6 Å². The number of nitrogens with zero attached hydrogens (tertiary/aromatic N) is 1. The van der Waals surface area contributed by atoms with E-state index in [1.165, 1.54) is 19.3 Å². The van der Waals surface area contributed by atoms with E-state index in [1.54, 1.807) is 11.8 Å². The first kappa shape index (κ1) is 17.2. The second kappa shape index (κ2) is 6.49. The Morgan fingerprint density at radius 2 is 1.80 bits per heavy atom. The summed E-state index contributed by atoms with van der Waals surface area (Å²) in [6, 6.07) is -0.913. The minimum absolute atomic E-state index is 0.0800. The first-order chi connectivity index (χ1) is 12.0. The molecule has 2 N–H and O–H groups in total. The number of urea groups is 1. The summed E-state index contributed by atoms with van der Waals surface area (Å²) in [6.45, 7) is -0.151. The summed E-state index contributed by atoms with van der Waals surface area (Å²) in [5.41, 5.74) is -0.0800. The fraction of sp³-hybridized carbons (Fsp3) is 0.833. The molecule has 1 atom stereocenters. The number of hydrogen-bond acceptors (Lipinski definition) is 4. The molecule has 1 unspecified atom stereocenters. The van der Waals surface area contributed by atoms with Crippen molar-refractivity contribution >= 4 is 29.6 Å². The zero-order chi connectivity index (χ0) is 17.6. The standard InChI is InChI=1S/C18H27N3O3S/c1-25-3-2-14-16(23)21(17(24)19-14)10-15(22)20-18-7-11-4-12(8-18)6-13(5-11)9-18/h11-14H,2-10H2,1H3,(H,19,24)(H,20,22). The third-order valence-corrected chi connectivity index (χ3v) is 7.11. The Labute approximate surface area is 152 Å². The van der Waals surface area contributed by atoms with Crippen LogP contribution in [0.1, 0.15) is 44.9 Å². The van der Waals surface area contributed by atoms with Gasteiger partial charge < -0.3 is 10.6 Å². The summed E-state index contributed by atoms with van der Waals surface area (Å²) in [5, 5.41) is 5.93. The summed E-state index contributed by atoms with van der Waals surface area (Å²) in [5.74, 6) is 2.61. The third kappa shape index (κ3) is 3.27. The van der Waals surface area contributed by atoms with Crippen molar-refractivity contribution in [1.82, 2.24) is 15.5 Å². The van der Waals surface area contributed by atoms with Gasteiger partial charge in [-0.05, 0) is 74.7 Å². The molecule has 0 spiro atoms. The minimum Gasteiger partial charge on any atom is -0.349 e. The molecule has 0 aromatic carbocycles. The Hall–Kier alpha value is -1.24. The predicted octanol–water partition coefficient (Wildman–Crippen LogP) is 1.74. The molecule has 4 bridgehead atoms. The van der Waals surface area contributed by atoms with Gasteiger partial charge in [-0.3, -0.25) is 14.5 Å². The average Bonchev–Trinajstić information content (AvgIpc) is 2.78. The number of rotatable bonds is 6. The van der Waals surface area contributed by atoms with Gasteiger partial charge in [-0.15, -0.1) is 0 Å². The molecule has 7 heteroatoms. The Bertz CT molecular complexity index is 559. The number of amides is 4. The highest BCUT2D eigenvalue weighted by atomic mass is 32.2. The summed E-state index contributed by atoms with van der Waals surface area (Å²) in [7, 11) is 0. The van der Waals surface area contributed by atoms with Crippen LogP contribution in [0.25, 0.3) is 0 Å². The fourth-order valence-electron chi connectivity index (χ4n) is 5.90. The molecule has 0 aromatic rings. The Morgan fingerprint density at radius 1 is 1.20 bits per heavy atom. The van der Waals surface area contributed by atoms with Crippen LogP contribution in [0.15, 0.2) is 0 Å². The van der Waals surface area contributed by atoms with Gasteiger partial charge in [0.25, 0.3) is 5.91 Å². The van der Waals surface area contributed by atoms with Gasteiger partial charge >= 0.3 is 6.03 Å². The van der Waals surface area contributed by atoms with Crippen LogP contribution in [-0.4, -0.2) is 52.9 Å². The van der Waals surface area contributed by atoms with Crippen molar-refractivity contribution in [3.8, 4) is 0 Å². The van der Waals surface area contributed by atoms with E-state index in [-0.39, 0.29) is 23.9 Å². The highest BCUT2D eigenvalue weighted by Gasteiger charge is 2.51. The summed E-state index contributed by atoms with van der Waals surface area (Å²) >= 11 is 1.64. The Balaban J connectivity index is 1.36. The van der Waals surface area contributed by atoms with E-state index in [0.29, 0.717) is 6.42 Å². The third-order valence-electron chi connectivity index (χ3n) is 6.46. The maximum absolute atomic E-state index is 12.6. The van der Waals surface area contributed by atoms with Gasteiger partial charge in [-0.2, -0.15) is 11.8 Å². The van der Waals surface area contributed by atoms with E-state index < -0.39 is 12.1 Å². The van der Waals surface area contributed by atoms with Crippen LogP contribution in [0.2, 0.25) is 0 Å². The van der Waals surface area contributed by atoms with Gasteiger partial charge in [0, 0.05) is 5.54 Å². The molecule has 4 aliphatic carbocycles. The smallest absolute Gasteiger partial charge is 0.325 e. The van der Waals surface area contributed by atoms with Crippen molar-refractivity contribution in [3.05, 3.63) is 0 Å². The van der Waals surface area contributed by atoms with Crippen molar-refractivity contribution in [2.45, 2.75) is 56.5 Å². The maximum atomic E-state index is 12.6. The Kier molecular flexibility index (Phi) is 4.46. The van der Waals surface area contributed by atoms with Crippen molar-refractivity contribution in [2.75, 3.05) is 18.6 Å². The molecule has 0 radical (unpaired) electrons. The molecule has 5 rings (SSSR count). The van der Waals surface area contributed by atoms with E-state index in [4.69, 9.17) is 0 Å². The van der Waals surface area contributed by atoms with Gasteiger partial charge in [0.05, 0.1) is 0 Å². The van der Waals surface area contributed by atoms with E-state index in [9.17, 15) is 14.4 Å². The largest absolute Gasteiger partial charge is 0.349 e. The van der Waals surface area contributed by atoms with Crippen LogP contribution in [0.3, 0.4) is 0 Å². The minimum atomic E-state index is -0.479. The predicted molar refractivity (Wildman–Crippen MR) is 96.1 cm³/mol. The number of nitrogens with one attached hydrogen (secondary N) is 2. The van der Waals surface area contributed by atoms with E-state index in [1.807, 2.05) is 6.26 Å². The molecule has 6 nitrogen and oxygen atoms in total. The Morgan fingerprint density at radius 3 is 2.36 bits per heavy atom. The van der Waals surface area contributed by atoms with Crippen LogP contribution in [0.5, 0.6) is 0 Å². The van der Waals surface area contributed by atoms with Crippen LogP contribution >= 0.6 is 11.8 Å². The monoisotopic (exact) mass is 365 g/mol. The fourth-order valence-corrected chi connectivity index (χ4v) is 6.37. The highest BCUT2D eigenvalue weighted by Crippen LogP contribution is 2.55. The molecule has 1 aliphatic heterocycles. The topological polar surface area (TPSA) is 78.5 Å². The second-order valence-electron chi connectivity index (χ2n) is 8.45. The molecule has 4 amide bonds. The summed E-state index contributed by atoms with van der Waals surface area (Å²) < 4.78 is 0. The molecule has 5 aliphatic rings. The van der Waals surface area contributed by atoms with Crippen molar-refractivity contribution in [2.24, 2.45) is 17.8 Å². The van der Waals surface area contributed by atoms with Gasteiger partial charge in [0.2, 0.25) is 5.91 Å². The quantitative estimate of drug-likeness (QED) is 0.703. The van der Waals surface area contributed by atoms with Crippen molar-refractivity contribution in [3.63, 3.8) is 0 Å². The molecular formula is C18H27N3O3S. The van der Waals surface area contributed by atoms with Gasteiger partial charge in [-0.25, -0.2) is 4.79 Å². The van der Waals surface area contributed by atoms with Gasteiger partial charge in [-0.1, -0.05) is 0 Å². The lowest BCUT2D eigenvalue weighted by Gasteiger charge is -2.56. The average molecular weight is 365 g/mol. The first-order valence-electron chi connectivity index (χ1n) is 9.40. The molecule has 1 heterocycles. The van der Waals surface area contributed by atoms with E-state index in [0.717, 1.165) is 47.7 Å². The SMILES string of the molecule is CSCCC1NC(=O)N(CC(=O)NC23CC4CC(CC(C4)C2)C3)C1=O. The number of carbonyl (C=O) groups excluding carboxylic acids is 3. The molecule has 4 saturated carbocycles. The number of imide groups is 1. The van der Waals surface area contributed by atoms with Gasteiger partial charge in [0.15, 0.2) is 0 Å². The lowest BCUT2D eigenvalue weighted by atomic mass is 9.53. The van der Waals surface area contributed by atoms with Crippen molar-refractivity contribution in [1.29, 1.82) is 0 Å². The number of thioether (sulfide) groups is 1. The highest BCUT2D eigenvalue weighted by molar-refractivity contribution is 7.98. The zero-order valence-corrected chi connectivity index (χ0v) is 15.6. The summed E-state index contributed by atoms with van der Waals surface area (Å²) in [6.07, 6.45) is 9.75. The lowest BCUT2D eigenvalue weighted by Crippen LogP contribution is -2.61. The summed E-state index contributed by atoms with van der Waals surface area (Å²) in [4.78, 5) is 38.1. The molecule has 138 valence electrons. The molecule has 25 heavy (non-hydrogen) atoms. The van der Waals surface area contributed by atoms with Gasteiger partial charge in [0.1, 0.15) is 12.6 Å². The first-order valence-corrected chi connectivity index (χ1v) is 10.8. The molecule has 5 fully saturated rings. The molecule has 0 aromatic heterocycles. The molecular weight excluding hydrogens is 338 g/mol. The van der Waals surface area contributed by atoms with Crippen LogP contribution in [0.4, 0.5) is 4.79 Å². The maximum Gasteiger partial charge on any atom is 0.325 e. The lowest BCUT2D eigenvalue weighted by molar-refractivity contribution is -0.134. The number of carbonyl (C=O) groups is 3. The van der Waals surface area contributed by atoms with E-state index in [2.05, 4.69) is 10.6 Å². The van der Waals surface area contributed by atoms with E-state index >= 15 is 0 Å². The number of hydrogen-bond donors (Lipinski definition) is 2. The normalized spacial score (nSPS) is 39.0. The van der Waals surface area contributed by atoms with Crippen LogP contribution in [0, 0.1) is 17.8 Å². The zero-order valence-electron chi connectivity index (χ0n) is 14.8.